The summed E-state index contributed by atoms with van der Waals surface area (Å²) < 4.78 is 11.4. The Hall–Kier alpha value is -2.10. The van der Waals surface area contributed by atoms with Crippen LogP contribution in [0.1, 0.15) is 19.8 Å². The first-order chi connectivity index (χ1) is 12.6. The molecule has 1 atom stereocenters. The number of nitrogens with one attached hydrogen (secondary N) is 3. The molecule has 3 N–H and O–H groups in total. The number of anilines is 1. The fourth-order valence-electron chi connectivity index (χ4n) is 2.93. The van der Waals surface area contributed by atoms with Gasteiger partial charge in [-0.1, -0.05) is 0 Å². The molecule has 0 saturated heterocycles. The SMILES string of the molecule is CCI1N=C(NC(=O)C2CC2)C2=C(Nc3ccccc3O2)C1C(=O)NC. The number of alkyl halides is 2. The van der Waals surface area contributed by atoms with Gasteiger partial charge < -0.3 is 0 Å². The number of hydrogen-bond donors (Lipinski definition) is 3. The molecular formula is C18H21IN4O3. The Balaban J connectivity index is 1.75. The molecule has 2 amide bonds. The molecule has 3 aliphatic rings. The summed E-state index contributed by atoms with van der Waals surface area (Å²) in [6.45, 7) is 2.05. The summed E-state index contributed by atoms with van der Waals surface area (Å²) in [6, 6.07) is 7.57. The monoisotopic (exact) mass is 468 g/mol. The van der Waals surface area contributed by atoms with E-state index >= 15 is 0 Å². The number of ether oxygens (including phenoxy) is 1. The van der Waals surface area contributed by atoms with Gasteiger partial charge in [-0.05, 0) is 0 Å². The molecule has 7 nitrogen and oxygen atoms in total. The van der Waals surface area contributed by atoms with Crippen molar-refractivity contribution in [2.75, 3.05) is 16.8 Å². The molecule has 1 aliphatic carbocycles. The molecule has 0 spiro atoms. The van der Waals surface area contributed by atoms with Crippen molar-refractivity contribution in [3.8, 4) is 5.75 Å². The average Bonchev–Trinajstić information content (AvgIpc) is 3.51. The normalized spacial score (nSPS) is 22.3. The average molecular weight is 468 g/mol. The van der Waals surface area contributed by atoms with Crippen LogP contribution in [0.25, 0.3) is 0 Å². The Morgan fingerprint density at radius 1 is 1.31 bits per heavy atom. The molecule has 1 saturated carbocycles. The van der Waals surface area contributed by atoms with E-state index < -0.39 is 20.1 Å². The minimum atomic E-state index is -2.08. The van der Waals surface area contributed by atoms with Crippen LogP contribution in [0.3, 0.4) is 0 Å². The number of amides is 2. The summed E-state index contributed by atoms with van der Waals surface area (Å²) in [4.78, 5) is 24.9. The quantitative estimate of drug-likeness (QED) is 0.469. The van der Waals surface area contributed by atoms with Gasteiger partial charge in [-0.15, -0.1) is 0 Å². The number of benzene rings is 1. The van der Waals surface area contributed by atoms with Crippen molar-refractivity contribution < 1.29 is 14.3 Å². The summed E-state index contributed by atoms with van der Waals surface area (Å²) in [5.41, 5.74) is 1.54. The van der Waals surface area contributed by atoms with Crippen molar-refractivity contribution in [1.29, 1.82) is 0 Å². The number of fused-ring (bicyclic) bond motifs is 1. The second-order valence-corrected chi connectivity index (χ2v) is 11.7. The fourth-order valence-corrected chi connectivity index (χ4v) is 7.51. The van der Waals surface area contributed by atoms with Gasteiger partial charge in [0, 0.05) is 0 Å². The van der Waals surface area contributed by atoms with Crippen LogP contribution >= 0.6 is 20.1 Å². The molecule has 1 aromatic carbocycles. The van der Waals surface area contributed by atoms with Gasteiger partial charge in [0.25, 0.3) is 0 Å². The topological polar surface area (TPSA) is 91.8 Å². The zero-order chi connectivity index (χ0) is 18.3. The molecular weight excluding hydrogens is 447 g/mol. The fraction of sp³-hybridized carbons (Fsp3) is 0.389. The van der Waals surface area contributed by atoms with Crippen LogP contribution in [-0.2, 0) is 9.59 Å². The molecule has 138 valence electrons. The van der Waals surface area contributed by atoms with Crippen LogP contribution in [-0.4, -0.2) is 33.0 Å². The molecule has 0 bridgehead atoms. The van der Waals surface area contributed by atoms with E-state index in [4.69, 9.17) is 7.94 Å². The number of hydrogen-bond acceptors (Lipinski definition) is 5. The molecule has 2 heterocycles. The van der Waals surface area contributed by atoms with Gasteiger partial charge in [-0.2, -0.15) is 0 Å². The zero-order valence-corrected chi connectivity index (χ0v) is 16.8. The van der Waals surface area contributed by atoms with Crippen LogP contribution in [0.2, 0.25) is 0 Å². The van der Waals surface area contributed by atoms with Gasteiger partial charge in [0.05, 0.1) is 0 Å². The van der Waals surface area contributed by atoms with Crippen LogP contribution in [0.5, 0.6) is 5.75 Å². The Bertz CT molecular complexity index is 831. The summed E-state index contributed by atoms with van der Waals surface area (Å²) >= 11 is -2.08. The molecule has 4 rings (SSSR count). The van der Waals surface area contributed by atoms with Gasteiger partial charge in [0.2, 0.25) is 0 Å². The number of rotatable bonds is 3. The van der Waals surface area contributed by atoms with E-state index in [1.807, 2.05) is 31.2 Å². The third-order valence-electron chi connectivity index (χ3n) is 4.47. The van der Waals surface area contributed by atoms with Crippen LogP contribution in [0.4, 0.5) is 5.69 Å². The van der Waals surface area contributed by atoms with Crippen LogP contribution in [0, 0.1) is 5.92 Å². The second kappa shape index (κ2) is 6.90. The maximum atomic E-state index is 12.6. The van der Waals surface area contributed by atoms with E-state index in [0.29, 0.717) is 17.3 Å². The van der Waals surface area contributed by atoms with Crippen molar-refractivity contribution in [2.24, 2.45) is 9.12 Å². The van der Waals surface area contributed by atoms with E-state index in [2.05, 4.69) is 16.0 Å². The second-order valence-electron chi connectivity index (χ2n) is 6.28. The van der Waals surface area contributed by atoms with E-state index in [-0.39, 0.29) is 21.7 Å². The third kappa shape index (κ3) is 3.06. The molecule has 26 heavy (non-hydrogen) atoms. The Morgan fingerprint density at radius 2 is 2.08 bits per heavy atom. The number of carbonyl (C=O) groups excluding carboxylic acids is 2. The van der Waals surface area contributed by atoms with Gasteiger partial charge in [0.15, 0.2) is 0 Å². The first-order valence-corrected chi connectivity index (χ1v) is 12.4. The van der Waals surface area contributed by atoms with Crippen molar-refractivity contribution >= 4 is 43.4 Å². The number of amidine groups is 1. The predicted molar refractivity (Wildman–Crippen MR) is 108 cm³/mol. The van der Waals surface area contributed by atoms with Gasteiger partial charge in [-0.3, -0.25) is 0 Å². The minimum absolute atomic E-state index is 0.0108. The molecule has 1 unspecified atom stereocenters. The van der Waals surface area contributed by atoms with Gasteiger partial charge in [0.1, 0.15) is 0 Å². The summed E-state index contributed by atoms with van der Waals surface area (Å²) in [6.07, 6.45) is 1.84. The van der Waals surface area contributed by atoms with Crippen molar-refractivity contribution in [1.82, 2.24) is 10.6 Å². The van der Waals surface area contributed by atoms with Crippen LogP contribution in [0.15, 0.2) is 38.9 Å². The van der Waals surface area contributed by atoms with Crippen molar-refractivity contribution in [2.45, 2.75) is 23.7 Å². The van der Waals surface area contributed by atoms with Crippen molar-refractivity contribution in [3.05, 3.63) is 35.7 Å². The molecule has 0 radical (unpaired) electrons. The van der Waals surface area contributed by atoms with E-state index in [1.54, 1.807) is 7.05 Å². The summed E-state index contributed by atoms with van der Waals surface area (Å²) in [5, 5.41) is 9.08. The van der Waals surface area contributed by atoms with Gasteiger partial charge in [-0.25, -0.2) is 0 Å². The standard InChI is InChI=1S/C18H21IN4O3/c1-3-19-13(18(25)20-2)14-15(16(23-19)22-17(24)10-8-9-10)26-12-7-5-4-6-11(12)21-14/h4-7,10,13,21H,3,8-9H2,1-2H3,(H,20,25)(H,22,23,24). The number of carbonyl (C=O) groups is 2. The Labute approximate surface area is 159 Å². The van der Waals surface area contributed by atoms with E-state index in [1.165, 1.54) is 0 Å². The van der Waals surface area contributed by atoms with Gasteiger partial charge >= 0.3 is 159 Å². The Kier molecular flexibility index (Phi) is 4.60. The molecule has 1 fully saturated rings. The third-order valence-corrected chi connectivity index (χ3v) is 9.76. The number of para-hydroxylation sites is 2. The first kappa shape index (κ1) is 17.3. The van der Waals surface area contributed by atoms with Crippen LogP contribution < -0.4 is 20.7 Å². The summed E-state index contributed by atoms with van der Waals surface area (Å²) in [5.74, 6) is 1.61. The maximum absolute atomic E-state index is 12.6. The van der Waals surface area contributed by atoms with E-state index in [9.17, 15) is 9.59 Å². The summed E-state index contributed by atoms with van der Waals surface area (Å²) in [7, 11) is 1.64. The Morgan fingerprint density at radius 3 is 2.77 bits per heavy atom. The number of halogens is 1. The first-order valence-electron chi connectivity index (χ1n) is 8.66. The predicted octanol–water partition coefficient (Wildman–Crippen LogP) is 2.20. The number of nitrogens with zero attached hydrogens (tertiary/aromatic N) is 1. The molecule has 8 heteroatoms. The molecule has 2 aliphatic heterocycles. The van der Waals surface area contributed by atoms with E-state index in [0.717, 1.165) is 28.7 Å². The molecule has 0 aromatic heterocycles. The van der Waals surface area contributed by atoms with Crippen molar-refractivity contribution in [3.63, 3.8) is 0 Å². The zero-order valence-electron chi connectivity index (χ0n) is 14.6. The molecule has 1 aromatic rings.